The molecule has 1 saturated heterocycles. The highest BCUT2D eigenvalue weighted by atomic mass is 16.2. The molecule has 0 radical (unpaired) electrons. The minimum absolute atomic E-state index is 0.0318. The Morgan fingerprint density at radius 2 is 2.12 bits per heavy atom. The summed E-state index contributed by atoms with van der Waals surface area (Å²) >= 11 is 0. The molecule has 0 bridgehead atoms. The number of fused-ring (bicyclic) bond motifs is 1. The van der Waals surface area contributed by atoms with Gasteiger partial charge in [0.15, 0.2) is 0 Å². The van der Waals surface area contributed by atoms with Gasteiger partial charge in [-0.15, -0.1) is 0 Å². The summed E-state index contributed by atoms with van der Waals surface area (Å²) in [5.74, 6) is -0.291. The zero-order valence-corrected chi connectivity index (χ0v) is 15.2. The van der Waals surface area contributed by atoms with E-state index in [2.05, 4.69) is 10.6 Å². The lowest BCUT2D eigenvalue weighted by atomic mass is 9.97. The van der Waals surface area contributed by atoms with Crippen molar-refractivity contribution in [2.24, 2.45) is 5.92 Å². The second-order valence-corrected chi connectivity index (χ2v) is 6.91. The molecule has 3 rings (SSSR count). The van der Waals surface area contributed by atoms with Crippen molar-refractivity contribution in [2.75, 3.05) is 42.9 Å². The number of para-hydroxylation sites is 2. The van der Waals surface area contributed by atoms with Crippen molar-refractivity contribution < 1.29 is 14.4 Å². The Hall–Kier alpha value is -2.41. The number of nitrogens with one attached hydrogen (secondary N) is 2. The number of likely N-dealkylation sites (tertiary alicyclic amines) is 1. The second kappa shape index (κ2) is 8.31. The normalized spacial score (nSPS) is 20.3. The van der Waals surface area contributed by atoms with Gasteiger partial charge in [0, 0.05) is 13.1 Å². The van der Waals surface area contributed by atoms with Crippen LogP contribution in [0.15, 0.2) is 24.3 Å². The van der Waals surface area contributed by atoms with Crippen LogP contribution >= 0.6 is 0 Å². The third-order valence-corrected chi connectivity index (χ3v) is 4.86. The molecule has 2 aliphatic heterocycles. The average Bonchev–Trinajstić information content (AvgIpc) is 2.65. The zero-order valence-electron chi connectivity index (χ0n) is 15.2. The van der Waals surface area contributed by atoms with Crippen LogP contribution in [0.4, 0.5) is 11.4 Å². The van der Waals surface area contributed by atoms with Crippen molar-refractivity contribution in [3.8, 4) is 0 Å². The van der Waals surface area contributed by atoms with Crippen LogP contribution in [0.1, 0.15) is 26.2 Å². The minimum Gasteiger partial charge on any atom is -0.356 e. The van der Waals surface area contributed by atoms with Crippen LogP contribution in [-0.2, 0) is 14.4 Å². The Morgan fingerprint density at radius 3 is 2.92 bits per heavy atom. The molecule has 0 spiro atoms. The molecule has 0 aliphatic carbocycles. The number of nitrogens with zero attached hydrogens (tertiary/aromatic N) is 2. The standard InChI is InChI=1S/C19H26N4O3/c1-2-9-20-19(26)14-6-5-10-22(11-14)13-18(25)23-12-17(24)21-15-7-3-4-8-16(15)23/h3-4,7-8,14H,2,5-6,9-13H2,1H3,(H,20,26)(H,21,24). The maximum Gasteiger partial charge on any atom is 0.244 e. The van der Waals surface area contributed by atoms with Crippen molar-refractivity contribution in [1.82, 2.24) is 10.2 Å². The van der Waals surface area contributed by atoms with Gasteiger partial charge in [0.1, 0.15) is 6.54 Å². The maximum atomic E-state index is 12.8. The van der Waals surface area contributed by atoms with Gasteiger partial charge in [-0.05, 0) is 37.9 Å². The van der Waals surface area contributed by atoms with Gasteiger partial charge < -0.3 is 10.6 Å². The number of carbonyl (C=O) groups excluding carboxylic acids is 3. The molecule has 7 heteroatoms. The van der Waals surface area contributed by atoms with Gasteiger partial charge in [0.05, 0.1) is 23.8 Å². The van der Waals surface area contributed by atoms with E-state index < -0.39 is 0 Å². The summed E-state index contributed by atoms with van der Waals surface area (Å²) in [5.41, 5.74) is 1.39. The van der Waals surface area contributed by atoms with E-state index in [1.807, 2.05) is 30.0 Å². The number of benzene rings is 1. The van der Waals surface area contributed by atoms with Crippen LogP contribution in [0, 0.1) is 5.92 Å². The molecular weight excluding hydrogens is 332 g/mol. The van der Waals surface area contributed by atoms with Gasteiger partial charge in [-0.3, -0.25) is 24.2 Å². The van der Waals surface area contributed by atoms with Gasteiger partial charge in [-0.25, -0.2) is 0 Å². The van der Waals surface area contributed by atoms with E-state index >= 15 is 0 Å². The van der Waals surface area contributed by atoms with E-state index in [-0.39, 0.29) is 36.7 Å². The molecule has 1 unspecified atom stereocenters. The third-order valence-electron chi connectivity index (χ3n) is 4.86. The fourth-order valence-corrected chi connectivity index (χ4v) is 3.54. The van der Waals surface area contributed by atoms with E-state index in [9.17, 15) is 14.4 Å². The maximum absolute atomic E-state index is 12.8. The fourth-order valence-electron chi connectivity index (χ4n) is 3.54. The first-order valence-electron chi connectivity index (χ1n) is 9.27. The van der Waals surface area contributed by atoms with Gasteiger partial charge in [-0.1, -0.05) is 19.1 Å². The molecule has 1 fully saturated rings. The summed E-state index contributed by atoms with van der Waals surface area (Å²) in [6, 6.07) is 7.31. The van der Waals surface area contributed by atoms with Crippen LogP contribution in [-0.4, -0.2) is 55.3 Å². The van der Waals surface area contributed by atoms with E-state index in [0.717, 1.165) is 31.5 Å². The minimum atomic E-state index is -0.187. The molecular formula is C19H26N4O3. The molecule has 2 heterocycles. The molecule has 140 valence electrons. The monoisotopic (exact) mass is 358 g/mol. The van der Waals surface area contributed by atoms with Gasteiger partial charge in [0.2, 0.25) is 17.7 Å². The molecule has 0 aromatic heterocycles. The first-order valence-corrected chi connectivity index (χ1v) is 9.27. The van der Waals surface area contributed by atoms with E-state index in [4.69, 9.17) is 0 Å². The Balaban J connectivity index is 1.63. The summed E-state index contributed by atoms with van der Waals surface area (Å²) in [7, 11) is 0. The molecule has 2 aliphatic rings. The predicted molar refractivity (Wildman–Crippen MR) is 99.9 cm³/mol. The summed E-state index contributed by atoms with van der Waals surface area (Å²) in [6.45, 7) is 4.35. The Labute approximate surface area is 153 Å². The zero-order chi connectivity index (χ0) is 18.5. The quantitative estimate of drug-likeness (QED) is 0.829. The molecule has 0 saturated carbocycles. The predicted octanol–water partition coefficient (Wildman–Crippen LogP) is 1.21. The topological polar surface area (TPSA) is 81.8 Å². The van der Waals surface area contributed by atoms with Gasteiger partial charge in [0.25, 0.3) is 0 Å². The summed E-state index contributed by atoms with van der Waals surface area (Å²) in [6.07, 6.45) is 2.67. The molecule has 26 heavy (non-hydrogen) atoms. The smallest absolute Gasteiger partial charge is 0.244 e. The van der Waals surface area contributed by atoms with Crippen LogP contribution in [0.2, 0.25) is 0 Å². The molecule has 7 nitrogen and oxygen atoms in total. The van der Waals surface area contributed by atoms with Crippen LogP contribution in [0.25, 0.3) is 0 Å². The molecule has 1 atom stereocenters. The van der Waals surface area contributed by atoms with E-state index in [0.29, 0.717) is 18.8 Å². The Bertz CT molecular complexity index is 691. The number of anilines is 2. The number of hydrogen-bond acceptors (Lipinski definition) is 4. The van der Waals surface area contributed by atoms with Crippen LogP contribution in [0.3, 0.4) is 0 Å². The van der Waals surface area contributed by atoms with Gasteiger partial charge in [-0.2, -0.15) is 0 Å². The Morgan fingerprint density at radius 1 is 1.31 bits per heavy atom. The molecule has 1 aromatic rings. The number of carbonyl (C=O) groups is 3. The summed E-state index contributed by atoms with van der Waals surface area (Å²) in [5, 5.41) is 5.73. The molecule has 1 aromatic carbocycles. The Kier molecular flexibility index (Phi) is 5.88. The van der Waals surface area contributed by atoms with E-state index in [1.54, 1.807) is 6.07 Å². The largest absolute Gasteiger partial charge is 0.356 e. The summed E-state index contributed by atoms with van der Waals surface area (Å²) in [4.78, 5) is 40.5. The lowest BCUT2D eigenvalue weighted by Crippen LogP contribution is -2.50. The van der Waals surface area contributed by atoms with Crippen LogP contribution < -0.4 is 15.5 Å². The lowest BCUT2D eigenvalue weighted by molar-refractivity contribution is -0.128. The van der Waals surface area contributed by atoms with E-state index in [1.165, 1.54) is 4.90 Å². The highest BCUT2D eigenvalue weighted by Crippen LogP contribution is 2.29. The first-order chi connectivity index (χ1) is 12.6. The fraction of sp³-hybridized carbons (Fsp3) is 0.526. The number of hydrogen-bond donors (Lipinski definition) is 2. The average molecular weight is 358 g/mol. The van der Waals surface area contributed by atoms with Crippen molar-refractivity contribution in [2.45, 2.75) is 26.2 Å². The van der Waals surface area contributed by atoms with Crippen molar-refractivity contribution in [1.29, 1.82) is 0 Å². The molecule has 3 amide bonds. The molecule has 2 N–H and O–H groups in total. The van der Waals surface area contributed by atoms with Crippen molar-refractivity contribution >= 4 is 29.1 Å². The number of piperidine rings is 1. The summed E-state index contributed by atoms with van der Waals surface area (Å²) < 4.78 is 0. The second-order valence-electron chi connectivity index (χ2n) is 6.91. The van der Waals surface area contributed by atoms with Crippen molar-refractivity contribution in [3.05, 3.63) is 24.3 Å². The third kappa shape index (κ3) is 4.22. The highest BCUT2D eigenvalue weighted by Gasteiger charge is 2.30. The highest BCUT2D eigenvalue weighted by molar-refractivity contribution is 6.10. The number of amides is 3. The first kappa shape index (κ1) is 18.4. The van der Waals surface area contributed by atoms with Crippen LogP contribution in [0.5, 0.6) is 0 Å². The SMILES string of the molecule is CCCNC(=O)C1CCCN(CC(=O)N2CC(=O)Nc3ccccc32)C1. The lowest BCUT2D eigenvalue weighted by Gasteiger charge is -2.34. The van der Waals surface area contributed by atoms with Gasteiger partial charge >= 0.3 is 0 Å². The number of rotatable bonds is 5. The van der Waals surface area contributed by atoms with Crippen molar-refractivity contribution in [3.63, 3.8) is 0 Å².